The van der Waals surface area contributed by atoms with Crippen molar-refractivity contribution >= 4 is 21.8 Å². The molecule has 1 saturated heterocycles. The minimum atomic E-state index is -3.28. The molecule has 3 amide bonds. The first-order valence-electron chi connectivity index (χ1n) is 7.02. The third kappa shape index (κ3) is 3.14. The summed E-state index contributed by atoms with van der Waals surface area (Å²) in [6, 6.07) is 3.93. The number of carbonyl (C=O) groups is 2. The van der Waals surface area contributed by atoms with Gasteiger partial charge in [0.15, 0.2) is 9.84 Å². The summed E-state index contributed by atoms with van der Waals surface area (Å²) in [5.74, 6) is -0.222. The van der Waals surface area contributed by atoms with Crippen LogP contribution in [-0.4, -0.2) is 37.6 Å². The Morgan fingerprint density at radius 3 is 2.36 bits per heavy atom. The summed E-state index contributed by atoms with van der Waals surface area (Å²) < 4.78 is 23.2. The molecule has 1 aromatic rings. The maximum atomic E-state index is 12.2. The van der Waals surface area contributed by atoms with Gasteiger partial charge in [-0.15, -0.1) is 0 Å². The highest BCUT2D eigenvalue weighted by Crippen LogP contribution is 2.20. The quantitative estimate of drug-likeness (QED) is 0.850. The topological polar surface area (TPSA) is 83.6 Å². The van der Waals surface area contributed by atoms with Crippen molar-refractivity contribution in [3.8, 4) is 0 Å². The second-order valence-corrected chi connectivity index (χ2v) is 7.95. The minimum Gasteiger partial charge on any atom is -0.326 e. The maximum Gasteiger partial charge on any atom is 0.325 e. The highest BCUT2D eigenvalue weighted by Gasteiger charge is 2.39. The van der Waals surface area contributed by atoms with Crippen LogP contribution in [0, 0.1) is 12.8 Å². The lowest BCUT2D eigenvalue weighted by Crippen LogP contribution is -2.34. The van der Waals surface area contributed by atoms with E-state index in [0.717, 1.165) is 11.8 Å². The summed E-state index contributed by atoms with van der Waals surface area (Å²) in [4.78, 5) is 25.6. The number of sulfone groups is 1. The summed E-state index contributed by atoms with van der Waals surface area (Å²) >= 11 is 0. The van der Waals surface area contributed by atoms with Gasteiger partial charge in [0.2, 0.25) is 0 Å². The molecule has 0 unspecified atom stereocenters. The summed E-state index contributed by atoms with van der Waals surface area (Å²) in [6.45, 7) is 5.58. The van der Waals surface area contributed by atoms with Gasteiger partial charge in [-0.2, -0.15) is 0 Å². The summed E-state index contributed by atoms with van der Waals surface area (Å²) in [5, 5.41) is 2.67. The normalized spacial score (nSPS) is 19.0. The summed E-state index contributed by atoms with van der Waals surface area (Å²) in [5.41, 5.74) is 1.32. The number of carbonyl (C=O) groups excluding carboxylic acids is 2. The maximum absolute atomic E-state index is 12.2. The van der Waals surface area contributed by atoms with Crippen molar-refractivity contribution in [1.82, 2.24) is 10.2 Å². The number of hydrogen-bond donors (Lipinski definition) is 1. The molecular weight excluding hydrogens is 304 g/mol. The van der Waals surface area contributed by atoms with E-state index in [0.29, 0.717) is 5.56 Å². The molecule has 1 N–H and O–H groups in total. The predicted octanol–water partition coefficient (Wildman–Crippen LogP) is 1.47. The first-order valence-corrected chi connectivity index (χ1v) is 8.92. The average molecular weight is 324 g/mol. The predicted molar refractivity (Wildman–Crippen MR) is 82.0 cm³/mol. The molecule has 1 aromatic carbocycles. The van der Waals surface area contributed by atoms with Crippen LogP contribution in [0.3, 0.4) is 0 Å². The number of nitrogens with zero attached hydrogens (tertiary/aromatic N) is 1. The van der Waals surface area contributed by atoms with Crippen LogP contribution in [-0.2, 0) is 21.2 Å². The van der Waals surface area contributed by atoms with E-state index in [-0.39, 0.29) is 23.3 Å². The van der Waals surface area contributed by atoms with Crippen LogP contribution in [0.4, 0.5) is 4.79 Å². The van der Waals surface area contributed by atoms with E-state index in [4.69, 9.17) is 0 Å². The van der Waals surface area contributed by atoms with Crippen molar-refractivity contribution in [2.75, 3.05) is 6.26 Å². The molecule has 0 radical (unpaired) electrons. The first kappa shape index (κ1) is 16.5. The second-order valence-electron chi connectivity index (χ2n) is 5.97. The fraction of sp³-hybridized carbons (Fsp3) is 0.467. The lowest BCUT2D eigenvalue weighted by Gasteiger charge is -2.15. The van der Waals surface area contributed by atoms with Gasteiger partial charge in [-0.1, -0.05) is 26.0 Å². The molecule has 0 bridgehead atoms. The fourth-order valence-corrected chi connectivity index (χ4v) is 3.51. The van der Waals surface area contributed by atoms with E-state index in [1.54, 1.807) is 19.1 Å². The van der Waals surface area contributed by atoms with E-state index >= 15 is 0 Å². The van der Waals surface area contributed by atoms with Crippen molar-refractivity contribution in [2.24, 2.45) is 5.92 Å². The minimum absolute atomic E-state index is 0.0239. The standard InChI is InChI=1S/C15H20N2O4S/c1-9(2)13-14(18)17(15(19)16-13)8-11-5-6-12(10(3)7-11)22(4,20)21/h5-7,9,13H,8H2,1-4H3,(H,16,19)/t13-/m1/s1. The fourth-order valence-electron chi connectivity index (χ4n) is 2.55. The molecule has 1 atom stereocenters. The van der Waals surface area contributed by atoms with Crippen molar-refractivity contribution in [2.45, 2.75) is 38.3 Å². The lowest BCUT2D eigenvalue weighted by molar-refractivity contribution is -0.128. The summed E-state index contributed by atoms with van der Waals surface area (Å²) in [7, 11) is -3.28. The van der Waals surface area contributed by atoms with Crippen LogP contribution in [0.5, 0.6) is 0 Å². The molecule has 0 aliphatic carbocycles. The van der Waals surface area contributed by atoms with E-state index < -0.39 is 21.9 Å². The van der Waals surface area contributed by atoms with Crippen LogP contribution in [0.25, 0.3) is 0 Å². The van der Waals surface area contributed by atoms with E-state index in [1.807, 2.05) is 13.8 Å². The molecule has 1 heterocycles. The van der Waals surface area contributed by atoms with Gasteiger partial charge in [-0.05, 0) is 30.0 Å². The Kier molecular flexibility index (Phi) is 4.28. The highest BCUT2D eigenvalue weighted by atomic mass is 32.2. The zero-order chi connectivity index (χ0) is 16.7. The van der Waals surface area contributed by atoms with E-state index in [9.17, 15) is 18.0 Å². The van der Waals surface area contributed by atoms with Gasteiger partial charge < -0.3 is 5.32 Å². The largest absolute Gasteiger partial charge is 0.326 e. The number of aryl methyl sites for hydroxylation is 1. The zero-order valence-corrected chi connectivity index (χ0v) is 13.9. The van der Waals surface area contributed by atoms with Gasteiger partial charge in [-0.25, -0.2) is 13.2 Å². The number of urea groups is 1. The second kappa shape index (κ2) is 5.72. The average Bonchev–Trinajstić information content (AvgIpc) is 2.65. The molecule has 120 valence electrons. The Hall–Kier alpha value is -1.89. The molecular formula is C15H20N2O4S. The molecule has 7 heteroatoms. The lowest BCUT2D eigenvalue weighted by atomic mass is 10.0. The summed E-state index contributed by atoms with van der Waals surface area (Å²) in [6.07, 6.45) is 1.15. The van der Waals surface area contributed by atoms with Crippen LogP contribution >= 0.6 is 0 Å². The Balaban J connectivity index is 2.23. The molecule has 1 aliphatic rings. The first-order chi connectivity index (χ1) is 10.1. The third-order valence-electron chi connectivity index (χ3n) is 3.70. The Labute approximate surface area is 130 Å². The molecule has 0 saturated carbocycles. The van der Waals surface area contributed by atoms with Crippen LogP contribution in [0.15, 0.2) is 23.1 Å². The van der Waals surface area contributed by atoms with Gasteiger partial charge in [0.1, 0.15) is 6.04 Å². The van der Waals surface area contributed by atoms with Crippen molar-refractivity contribution in [3.05, 3.63) is 29.3 Å². The number of nitrogens with one attached hydrogen (secondary N) is 1. The molecule has 0 aromatic heterocycles. The highest BCUT2D eigenvalue weighted by molar-refractivity contribution is 7.90. The molecule has 22 heavy (non-hydrogen) atoms. The van der Waals surface area contributed by atoms with Crippen LogP contribution in [0.2, 0.25) is 0 Å². The third-order valence-corrected chi connectivity index (χ3v) is 4.96. The van der Waals surface area contributed by atoms with E-state index in [1.165, 1.54) is 11.0 Å². The molecule has 1 fully saturated rings. The number of hydrogen-bond acceptors (Lipinski definition) is 4. The van der Waals surface area contributed by atoms with Gasteiger partial charge in [0.25, 0.3) is 5.91 Å². The number of benzene rings is 1. The Morgan fingerprint density at radius 1 is 1.27 bits per heavy atom. The van der Waals surface area contributed by atoms with Crippen molar-refractivity contribution < 1.29 is 18.0 Å². The van der Waals surface area contributed by atoms with Gasteiger partial charge in [0, 0.05) is 6.26 Å². The van der Waals surface area contributed by atoms with Crippen LogP contribution in [0.1, 0.15) is 25.0 Å². The smallest absolute Gasteiger partial charge is 0.325 e. The number of amides is 3. The Bertz CT molecular complexity index is 725. The SMILES string of the molecule is Cc1cc(CN2C(=O)N[C@H](C(C)C)C2=O)ccc1S(C)(=O)=O. The van der Waals surface area contributed by atoms with Crippen LogP contribution < -0.4 is 5.32 Å². The van der Waals surface area contributed by atoms with Crippen molar-refractivity contribution in [3.63, 3.8) is 0 Å². The number of rotatable bonds is 4. The molecule has 0 spiro atoms. The van der Waals surface area contributed by atoms with Gasteiger partial charge >= 0.3 is 6.03 Å². The number of imide groups is 1. The van der Waals surface area contributed by atoms with Gasteiger partial charge in [-0.3, -0.25) is 9.69 Å². The van der Waals surface area contributed by atoms with E-state index in [2.05, 4.69) is 5.32 Å². The zero-order valence-electron chi connectivity index (χ0n) is 13.1. The van der Waals surface area contributed by atoms with Crippen molar-refractivity contribution in [1.29, 1.82) is 0 Å². The molecule has 1 aliphatic heterocycles. The monoisotopic (exact) mass is 324 g/mol. The molecule has 2 rings (SSSR count). The van der Waals surface area contributed by atoms with Gasteiger partial charge in [0.05, 0.1) is 11.4 Å². The molecule has 6 nitrogen and oxygen atoms in total. The Morgan fingerprint density at radius 2 is 1.91 bits per heavy atom.